The Bertz CT molecular complexity index is 501. The van der Waals surface area contributed by atoms with E-state index in [-0.39, 0.29) is 11.5 Å². The highest BCUT2D eigenvalue weighted by Gasteiger charge is 2.17. The van der Waals surface area contributed by atoms with E-state index in [9.17, 15) is 9.59 Å². The van der Waals surface area contributed by atoms with Gasteiger partial charge in [-0.05, 0) is 32.4 Å². The van der Waals surface area contributed by atoms with Crippen LogP contribution in [0.3, 0.4) is 0 Å². The standard InChI is InChI=1S/C15H21NO5/c1-10-12(15(18)19)6-4-7-13(10)21-11(2)14(17)16-8-5-9-20-3/h4,6-7,11H,5,8-9H2,1-3H3,(H,16,17)(H,18,19). The van der Waals surface area contributed by atoms with Gasteiger partial charge in [-0.2, -0.15) is 0 Å². The van der Waals surface area contributed by atoms with Gasteiger partial charge in [-0.25, -0.2) is 4.79 Å². The molecule has 0 aliphatic carbocycles. The van der Waals surface area contributed by atoms with E-state index in [0.29, 0.717) is 24.5 Å². The van der Waals surface area contributed by atoms with Crippen molar-refractivity contribution in [1.82, 2.24) is 5.32 Å². The van der Waals surface area contributed by atoms with Crippen LogP contribution in [0.4, 0.5) is 0 Å². The molecule has 0 bridgehead atoms. The van der Waals surface area contributed by atoms with E-state index in [4.69, 9.17) is 14.6 Å². The predicted molar refractivity (Wildman–Crippen MR) is 77.7 cm³/mol. The summed E-state index contributed by atoms with van der Waals surface area (Å²) in [7, 11) is 1.60. The summed E-state index contributed by atoms with van der Waals surface area (Å²) in [4.78, 5) is 22.9. The highest BCUT2D eigenvalue weighted by Crippen LogP contribution is 2.22. The summed E-state index contributed by atoms with van der Waals surface area (Å²) in [5, 5.41) is 11.8. The topological polar surface area (TPSA) is 84.9 Å². The number of nitrogens with one attached hydrogen (secondary N) is 1. The van der Waals surface area contributed by atoms with E-state index in [0.717, 1.165) is 6.42 Å². The lowest BCUT2D eigenvalue weighted by Gasteiger charge is -2.17. The molecule has 0 radical (unpaired) electrons. The molecule has 1 amide bonds. The molecule has 1 rings (SSSR count). The first-order valence-corrected chi connectivity index (χ1v) is 6.73. The van der Waals surface area contributed by atoms with Crippen LogP contribution in [0.2, 0.25) is 0 Å². The summed E-state index contributed by atoms with van der Waals surface area (Å²) in [6.45, 7) is 4.37. The fourth-order valence-electron chi connectivity index (χ4n) is 1.79. The summed E-state index contributed by atoms with van der Waals surface area (Å²) in [5.74, 6) is -0.865. The number of carboxylic acids is 1. The normalized spacial score (nSPS) is 11.8. The lowest BCUT2D eigenvalue weighted by molar-refractivity contribution is -0.127. The minimum absolute atomic E-state index is 0.167. The highest BCUT2D eigenvalue weighted by atomic mass is 16.5. The fourth-order valence-corrected chi connectivity index (χ4v) is 1.79. The maximum atomic E-state index is 11.8. The largest absolute Gasteiger partial charge is 0.481 e. The van der Waals surface area contributed by atoms with E-state index in [2.05, 4.69) is 5.32 Å². The van der Waals surface area contributed by atoms with Crippen molar-refractivity contribution in [2.24, 2.45) is 0 Å². The van der Waals surface area contributed by atoms with E-state index < -0.39 is 12.1 Å². The summed E-state index contributed by atoms with van der Waals surface area (Å²) >= 11 is 0. The van der Waals surface area contributed by atoms with Crippen LogP contribution >= 0.6 is 0 Å². The Morgan fingerprint density at radius 1 is 1.38 bits per heavy atom. The zero-order valence-electron chi connectivity index (χ0n) is 12.5. The molecule has 6 nitrogen and oxygen atoms in total. The van der Waals surface area contributed by atoms with Crippen LogP contribution in [-0.2, 0) is 9.53 Å². The molecular weight excluding hydrogens is 274 g/mol. The molecule has 1 unspecified atom stereocenters. The molecule has 0 spiro atoms. The Kier molecular flexibility index (Phi) is 6.68. The van der Waals surface area contributed by atoms with Crippen LogP contribution in [0.15, 0.2) is 18.2 Å². The number of carbonyl (C=O) groups is 2. The van der Waals surface area contributed by atoms with Crippen LogP contribution in [0.25, 0.3) is 0 Å². The first-order valence-electron chi connectivity index (χ1n) is 6.73. The molecule has 6 heteroatoms. The molecule has 21 heavy (non-hydrogen) atoms. The number of methoxy groups -OCH3 is 1. The molecular formula is C15H21NO5. The van der Waals surface area contributed by atoms with Gasteiger partial charge in [0, 0.05) is 25.8 Å². The van der Waals surface area contributed by atoms with Crippen LogP contribution in [-0.4, -0.2) is 43.3 Å². The van der Waals surface area contributed by atoms with Gasteiger partial charge in [0.25, 0.3) is 5.91 Å². The lowest BCUT2D eigenvalue weighted by atomic mass is 10.1. The third kappa shape index (κ3) is 5.07. The van der Waals surface area contributed by atoms with Crippen molar-refractivity contribution < 1.29 is 24.2 Å². The van der Waals surface area contributed by atoms with Gasteiger partial charge in [0.15, 0.2) is 6.10 Å². The number of ether oxygens (including phenoxy) is 2. The summed E-state index contributed by atoms with van der Waals surface area (Å²) in [5.41, 5.74) is 0.671. The Balaban J connectivity index is 2.62. The van der Waals surface area contributed by atoms with Crippen LogP contribution in [0, 0.1) is 6.92 Å². The maximum Gasteiger partial charge on any atom is 0.336 e. The van der Waals surface area contributed by atoms with Gasteiger partial charge in [-0.15, -0.1) is 0 Å². The molecule has 0 heterocycles. The molecule has 0 aliphatic rings. The van der Waals surface area contributed by atoms with Crippen molar-refractivity contribution in [3.8, 4) is 5.75 Å². The number of benzene rings is 1. The van der Waals surface area contributed by atoms with Gasteiger partial charge >= 0.3 is 5.97 Å². The van der Waals surface area contributed by atoms with Crippen LogP contribution in [0.1, 0.15) is 29.3 Å². The van der Waals surface area contributed by atoms with Gasteiger partial charge in [-0.1, -0.05) is 6.07 Å². The summed E-state index contributed by atoms with van der Waals surface area (Å²) in [6.07, 6.45) is 0.0259. The van der Waals surface area contributed by atoms with E-state index in [1.165, 1.54) is 6.07 Å². The summed E-state index contributed by atoms with van der Waals surface area (Å²) in [6, 6.07) is 4.74. The van der Waals surface area contributed by atoms with Crippen molar-refractivity contribution >= 4 is 11.9 Å². The monoisotopic (exact) mass is 295 g/mol. The molecule has 0 saturated carbocycles. The first-order chi connectivity index (χ1) is 9.97. The second-order valence-electron chi connectivity index (χ2n) is 4.63. The third-order valence-electron chi connectivity index (χ3n) is 3.01. The molecule has 116 valence electrons. The fraction of sp³-hybridized carbons (Fsp3) is 0.467. The van der Waals surface area contributed by atoms with Crippen molar-refractivity contribution in [2.45, 2.75) is 26.4 Å². The Morgan fingerprint density at radius 3 is 2.71 bits per heavy atom. The molecule has 1 aromatic rings. The number of carboxylic acid groups (broad SMARTS) is 1. The van der Waals surface area contributed by atoms with Crippen LogP contribution < -0.4 is 10.1 Å². The molecule has 1 atom stereocenters. The van der Waals surface area contributed by atoms with Gasteiger partial charge < -0.3 is 19.9 Å². The number of carbonyl (C=O) groups excluding carboxylic acids is 1. The minimum Gasteiger partial charge on any atom is -0.481 e. The SMILES string of the molecule is COCCCNC(=O)C(C)Oc1cccc(C(=O)O)c1C. The number of hydrogen-bond donors (Lipinski definition) is 2. The highest BCUT2D eigenvalue weighted by molar-refractivity contribution is 5.90. The van der Waals surface area contributed by atoms with E-state index in [1.807, 2.05) is 0 Å². The molecule has 1 aromatic carbocycles. The quantitative estimate of drug-likeness (QED) is 0.712. The lowest BCUT2D eigenvalue weighted by Crippen LogP contribution is -2.37. The Labute approximate surface area is 124 Å². The number of aromatic carboxylic acids is 1. The van der Waals surface area contributed by atoms with E-state index in [1.54, 1.807) is 33.1 Å². The third-order valence-corrected chi connectivity index (χ3v) is 3.01. The summed E-state index contributed by atoms with van der Waals surface area (Å²) < 4.78 is 10.4. The van der Waals surface area contributed by atoms with E-state index >= 15 is 0 Å². The van der Waals surface area contributed by atoms with Gasteiger partial charge in [0.05, 0.1) is 5.56 Å². The van der Waals surface area contributed by atoms with Crippen LogP contribution in [0.5, 0.6) is 5.75 Å². The molecule has 0 saturated heterocycles. The predicted octanol–water partition coefficient (Wildman–Crippen LogP) is 1.61. The number of rotatable bonds is 8. The zero-order valence-corrected chi connectivity index (χ0v) is 12.5. The van der Waals surface area contributed by atoms with Crippen molar-refractivity contribution in [1.29, 1.82) is 0 Å². The maximum absolute atomic E-state index is 11.8. The average Bonchev–Trinajstić information content (AvgIpc) is 2.45. The second-order valence-corrected chi connectivity index (χ2v) is 4.63. The van der Waals surface area contributed by atoms with Crippen molar-refractivity contribution in [3.05, 3.63) is 29.3 Å². The minimum atomic E-state index is -1.02. The number of amides is 1. The van der Waals surface area contributed by atoms with Crippen molar-refractivity contribution in [3.63, 3.8) is 0 Å². The van der Waals surface area contributed by atoms with Gasteiger partial charge in [-0.3, -0.25) is 4.79 Å². The molecule has 0 aromatic heterocycles. The molecule has 2 N–H and O–H groups in total. The van der Waals surface area contributed by atoms with Gasteiger partial charge in [0.2, 0.25) is 0 Å². The second kappa shape index (κ2) is 8.26. The zero-order chi connectivity index (χ0) is 15.8. The smallest absolute Gasteiger partial charge is 0.336 e. The Morgan fingerprint density at radius 2 is 2.10 bits per heavy atom. The number of hydrogen-bond acceptors (Lipinski definition) is 4. The molecule has 0 fully saturated rings. The van der Waals surface area contributed by atoms with Crippen molar-refractivity contribution in [2.75, 3.05) is 20.3 Å². The molecule has 0 aliphatic heterocycles. The van der Waals surface area contributed by atoms with Gasteiger partial charge in [0.1, 0.15) is 5.75 Å². The average molecular weight is 295 g/mol. The first kappa shape index (κ1) is 17.0. The Hall–Kier alpha value is -2.08.